The van der Waals surface area contributed by atoms with E-state index in [-0.39, 0.29) is 18.2 Å². The highest BCUT2D eigenvalue weighted by molar-refractivity contribution is 9.10. The van der Waals surface area contributed by atoms with Gasteiger partial charge in [0.05, 0.1) is 6.54 Å². The van der Waals surface area contributed by atoms with Crippen LogP contribution in [0.4, 0.5) is 0 Å². The molecule has 0 bridgehead atoms. The molecule has 0 aliphatic rings. The van der Waals surface area contributed by atoms with Gasteiger partial charge in [0.15, 0.2) is 10.4 Å². The predicted molar refractivity (Wildman–Crippen MR) is 73.1 cm³/mol. The summed E-state index contributed by atoms with van der Waals surface area (Å²) in [7, 11) is 0. The van der Waals surface area contributed by atoms with Crippen molar-refractivity contribution < 1.29 is 23.9 Å². The monoisotopic (exact) mass is 346 g/mol. The van der Waals surface area contributed by atoms with Gasteiger partial charge in [0.1, 0.15) is 6.04 Å². The number of aliphatic carboxylic acids is 1. The molecule has 0 fully saturated rings. The van der Waals surface area contributed by atoms with Gasteiger partial charge in [-0.3, -0.25) is 9.59 Å². The van der Waals surface area contributed by atoms with E-state index in [2.05, 4.69) is 26.6 Å². The van der Waals surface area contributed by atoms with Crippen LogP contribution in [-0.4, -0.2) is 35.5 Å². The second kappa shape index (κ2) is 7.09. The molecule has 0 aromatic carbocycles. The zero-order valence-electron chi connectivity index (χ0n) is 11.0. The maximum absolute atomic E-state index is 11.6. The van der Waals surface area contributed by atoms with Crippen LogP contribution in [-0.2, 0) is 9.59 Å². The molecular weight excluding hydrogens is 332 g/mol. The lowest BCUT2D eigenvalue weighted by Gasteiger charge is -2.17. The van der Waals surface area contributed by atoms with Crippen LogP contribution in [0, 0.1) is 5.92 Å². The van der Waals surface area contributed by atoms with Gasteiger partial charge in [-0.25, -0.2) is 4.79 Å². The molecular formula is C12H15BrN2O5. The van der Waals surface area contributed by atoms with Crippen LogP contribution in [0.15, 0.2) is 21.2 Å². The molecule has 0 saturated carbocycles. The Morgan fingerprint density at radius 1 is 1.35 bits per heavy atom. The normalized spacial score (nSPS) is 12.0. The third-order valence-corrected chi connectivity index (χ3v) is 2.88. The van der Waals surface area contributed by atoms with Gasteiger partial charge in [0.2, 0.25) is 5.91 Å². The maximum atomic E-state index is 11.6. The summed E-state index contributed by atoms with van der Waals surface area (Å²) in [4.78, 5) is 34.1. The van der Waals surface area contributed by atoms with Crippen LogP contribution in [0.3, 0.4) is 0 Å². The molecule has 7 nitrogen and oxygen atoms in total. The standard InChI is InChI=1S/C12H15BrN2O5/c1-6(2)10(12(18)19)15-9(16)5-14-11(17)7-3-4-8(13)20-7/h3-4,6,10H,5H2,1-2H3,(H,14,17)(H,15,16)(H,18,19). The number of hydrogen-bond donors (Lipinski definition) is 3. The molecule has 1 rings (SSSR count). The van der Waals surface area contributed by atoms with Crippen molar-refractivity contribution in [3.63, 3.8) is 0 Å². The average molecular weight is 347 g/mol. The van der Waals surface area contributed by atoms with Gasteiger partial charge in [-0.15, -0.1) is 0 Å². The van der Waals surface area contributed by atoms with Gasteiger partial charge >= 0.3 is 5.97 Å². The van der Waals surface area contributed by atoms with E-state index in [0.717, 1.165) is 0 Å². The lowest BCUT2D eigenvalue weighted by atomic mass is 10.1. The molecule has 1 aromatic heterocycles. The number of rotatable bonds is 6. The minimum absolute atomic E-state index is 0.0586. The van der Waals surface area contributed by atoms with Crippen molar-refractivity contribution >= 4 is 33.7 Å². The third-order valence-electron chi connectivity index (χ3n) is 2.46. The average Bonchev–Trinajstić information content (AvgIpc) is 2.79. The number of hydrogen-bond acceptors (Lipinski definition) is 4. The van der Waals surface area contributed by atoms with Crippen LogP contribution < -0.4 is 10.6 Å². The number of halogens is 1. The Bertz CT molecular complexity index is 512. The number of furan rings is 1. The predicted octanol–water partition coefficient (Wildman–Crippen LogP) is 0.997. The Morgan fingerprint density at radius 3 is 2.45 bits per heavy atom. The summed E-state index contributed by atoms with van der Waals surface area (Å²) < 4.78 is 5.41. The molecule has 20 heavy (non-hydrogen) atoms. The van der Waals surface area contributed by atoms with E-state index >= 15 is 0 Å². The number of carboxylic acid groups (broad SMARTS) is 1. The van der Waals surface area contributed by atoms with Crippen molar-refractivity contribution in [2.24, 2.45) is 5.92 Å². The smallest absolute Gasteiger partial charge is 0.326 e. The molecule has 1 heterocycles. The molecule has 0 aliphatic heterocycles. The summed E-state index contributed by atoms with van der Waals surface area (Å²) in [6.45, 7) is 3.03. The zero-order valence-corrected chi connectivity index (χ0v) is 12.6. The van der Waals surface area contributed by atoms with Crippen molar-refractivity contribution in [1.29, 1.82) is 0 Å². The lowest BCUT2D eigenvalue weighted by Crippen LogP contribution is -2.48. The molecule has 0 spiro atoms. The number of amides is 2. The van der Waals surface area contributed by atoms with E-state index in [1.54, 1.807) is 19.9 Å². The van der Waals surface area contributed by atoms with E-state index < -0.39 is 23.8 Å². The Balaban J connectivity index is 2.47. The molecule has 0 radical (unpaired) electrons. The first-order valence-electron chi connectivity index (χ1n) is 5.87. The molecule has 0 aliphatic carbocycles. The fourth-order valence-corrected chi connectivity index (χ4v) is 1.73. The Kier molecular flexibility index (Phi) is 5.75. The summed E-state index contributed by atoms with van der Waals surface area (Å²) in [5, 5.41) is 13.6. The van der Waals surface area contributed by atoms with E-state index in [9.17, 15) is 14.4 Å². The maximum Gasteiger partial charge on any atom is 0.326 e. The molecule has 0 saturated heterocycles. The summed E-state index contributed by atoms with van der Waals surface area (Å²) in [6, 6.07) is 2.01. The fourth-order valence-electron chi connectivity index (χ4n) is 1.42. The van der Waals surface area contributed by atoms with Crippen molar-refractivity contribution in [3.8, 4) is 0 Å². The SMILES string of the molecule is CC(C)C(NC(=O)CNC(=O)c1ccc(Br)o1)C(=O)O. The lowest BCUT2D eigenvalue weighted by molar-refractivity contribution is -0.142. The van der Waals surface area contributed by atoms with Crippen molar-refractivity contribution in [2.75, 3.05) is 6.54 Å². The van der Waals surface area contributed by atoms with Crippen LogP contribution >= 0.6 is 15.9 Å². The number of carbonyl (C=O) groups excluding carboxylic acids is 2. The highest BCUT2D eigenvalue weighted by atomic mass is 79.9. The molecule has 8 heteroatoms. The topological polar surface area (TPSA) is 109 Å². The van der Waals surface area contributed by atoms with E-state index in [0.29, 0.717) is 4.67 Å². The molecule has 3 N–H and O–H groups in total. The molecule has 1 atom stereocenters. The first-order chi connectivity index (χ1) is 9.31. The largest absolute Gasteiger partial charge is 0.480 e. The van der Waals surface area contributed by atoms with Gasteiger partial charge in [0.25, 0.3) is 5.91 Å². The summed E-state index contributed by atoms with van der Waals surface area (Å²) in [5.74, 6) is -2.45. The van der Waals surface area contributed by atoms with Crippen LogP contribution in [0.5, 0.6) is 0 Å². The van der Waals surface area contributed by atoms with Crippen molar-refractivity contribution in [1.82, 2.24) is 10.6 Å². The van der Waals surface area contributed by atoms with Crippen LogP contribution in [0.2, 0.25) is 0 Å². The molecule has 1 aromatic rings. The van der Waals surface area contributed by atoms with Gasteiger partial charge in [-0.1, -0.05) is 13.8 Å². The quantitative estimate of drug-likeness (QED) is 0.711. The Hall–Kier alpha value is -1.83. The van der Waals surface area contributed by atoms with Crippen LogP contribution in [0.25, 0.3) is 0 Å². The van der Waals surface area contributed by atoms with Gasteiger partial charge in [-0.05, 0) is 34.0 Å². The minimum Gasteiger partial charge on any atom is -0.480 e. The minimum atomic E-state index is -1.12. The first-order valence-corrected chi connectivity index (χ1v) is 6.66. The zero-order chi connectivity index (χ0) is 15.3. The highest BCUT2D eigenvalue weighted by Gasteiger charge is 2.23. The van der Waals surface area contributed by atoms with Crippen molar-refractivity contribution in [3.05, 3.63) is 22.6 Å². The van der Waals surface area contributed by atoms with E-state index in [4.69, 9.17) is 9.52 Å². The van der Waals surface area contributed by atoms with Gasteiger partial charge in [0, 0.05) is 0 Å². The van der Waals surface area contributed by atoms with Crippen LogP contribution in [0.1, 0.15) is 24.4 Å². The summed E-state index contributed by atoms with van der Waals surface area (Å²) >= 11 is 3.05. The Morgan fingerprint density at radius 2 is 2.00 bits per heavy atom. The first kappa shape index (κ1) is 16.2. The second-order valence-electron chi connectivity index (χ2n) is 4.41. The number of carbonyl (C=O) groups is 3. The molecule has 1 unspecified atom stereocenters. The third kappa shape index (κ3) is 4.69. The summed E-state index contributed by atoms with van der Waals surface area (Å²) in [6.07, 6.45) is 0. The van der Waals surface area contributed by atoms with E-state index in [1.165, 1.54) is 6.07 Å². The molecule has 2 amide bonds. The number of carboxylic acids is 1. The van der Waals surface area contributed by atoms with E-state index in [1.807, 2.05) is 0 Å². The molecule has 110 valence electrons. The number of nitrogens with one attached hydrogen (secondary N) is 2. The van der Waals surface area contributed by atoms with Gasteiger partial charge in [-0.2, -0.15) is 0 Å². The highest BCUT2D eigenvalue weighted by Crippen LogP contribution is 2.13. The Labute approximate surface area is 123 Å². The van der Waals surface area contributed by atoms with Crippen molar-refractivity contribution in [2.45, 2.75) is 19.9 Å². The van der Waals surface area contributed by atoms with Gasteiger partial charge < -0.3 is 20.2 Å². The second-order valence-corrected chi connectivity index (χ2v) is 5.20. The summed E-state index contributed by atoms with van der Waals surface area (Å²) in [5.41, 5.74) is 0. The fraction of sp³-hybridized carbons (Fsp3) is 0.417.